The number of likely N-dealkylation sites (tertiary alicyclic amines) is 1. The van der Waals surface area contributed by atoms with E-state index in [4.69, 9.17) is 0 Å². The van der Waals surface area contributed by atoms with Gasteiger partial charge in [-0.3, -0.25) is 14.3 Å². The van der Waals surface area contributed by atoms with Crippen molar-refractivity contribution in [2.24, 2.45) is 20.0 Å². The third-order valence-electron chi connectivity index (χ3n) is 5.70. The minimum Gasteiger partial charge on any atom is -0.374 e. The molecule has 0 spiro atoms. The Labute approximate surface area is 154 Å². The lowest BCUT2D eigenvalue weighted by Gasteiger charge is -2.41. The summed E-state index contributed by atoms with van der Waals surface area (Å²) in [6.07, 6.45) is 8.16. The maximum atomic E-state index is 4.46. The summed E-state index contributed by atoms with van der Waals surface area (Å²) >= 11 is 0. The van der Waals surface area contributed by atoms with Crippen LogP contribution in [0.4, 0.5) is 5.69 Å². The highest BCUT2D eigenvalue weighted by molar-refractivity contribution is 5.88. The number of aryl methyl sites for hydroxylation is 2. The fraction of sp³-hybridized carbons (Fsp3) is 0.526. The average Bonchev–Trinajstić information content (AvgIpc) is 3.21. The Bertz CT molecular complexity index is 896. The lowest BCUT2D eigenvalue weighted by atomic mass is 9.86. The molecule has 0 radical (unpaired) electrons. The van der Waals surface area contributed by atoms with Crippen LogP contribution in [0.15, 0.2) is 30.7 Å². The summed E-state index contributed by atoms with van der Waals surface area (Å²) in [7, 11) is 8.39. The molecule has 138 valence electrons. The first-order valence-corrected chi connectivity index (χ1v) is 9.22. The van der Waals surface area contributed by atoms with Crippen LogP contribution in [-0.2, 0) is 14.1 Å². The third-order valence-corrected chi connectivity index (χ3v) is 5.70. The van der Waals surface area contributed by atoms with E-state index in [0.717, 1.165) is 24.1 Å². The van der Waals surface area contributed by atoms with Gasteiger partial charge in [-0.05, 0) is 44.5 Å². The number of anilines is 1. The van der Waals surface area contributed by atoms with Crippen molar-refractivity contribution in [1.82, 2.24) is 29.4 Å². The SMILES string of the molecule is CN(C[C@@H]1CCCN(C)[C@H]1c1ccnn1C)c1ccnc2c1cnn2C. The quantitative estimate of drug-likeness (QED) is 0.720. The van der Waals surface area contributed by atoms with Crippen LogP contribution in [0, 0.1) is 5.92 Å². The number of pyridine rings is 1. The fourth-order valence-corrected chi connectivity index (χ4v) is 4.41. The molecule has 3 aromatic heterocycles. The normalized spacial score (nSPS) is 21.4. The maximum absolute atomic E-state index is 4.46. The standard InChI is InChI=1S/C19H27N7/c1-23-11-5-6-14(18(23)17-8-10-21-25(17)3)13-24(2)16-7-9-20-19-15(16)12-22-26(19)4/h7-10,12,14,18H,5-6,11,13H2,1-4H3/t14-,18+/m0/s1. The predicted molar refractivity (Wildman–Crippen MR) is 103 cm³/mol. The molecule has 4 heterocycles. The Morgan fingerprint density at radius 3 is 2.73 bits per heavy atom. The summed E-state index contributed by atoms with van der Waals surface area (Å²) < 4.78 is 3.85. The summed E-state index contributed by atoms with van der Waals surface area (Å²) in [5, 5.41) is 9.88. The van der Waals surface area contributed by atoms with Gasteiger partial charge >= 0.3 is 0 Å². The van der Waals surface area contributed by atoms with Crippen LogP contribution in [0.3, 0.4) is 0 Å². The highest BCUT2D eigenvalue weighted by Crippen LogP contribution is 2.36. The fourth-order valence-electron chi connectivity index (χ4n) is 4.41. The molecule has 1 aliphatic heterocycles. The van der Waals surface area contributed by atoms with Gasteiger partial charge in [-0.15, -0.1) is 0 Å². The van der Waals surface area contributed by atoms with Gasteiger partial charge in [-0.25, -0.2) is 4.98 Å². The van der Waals surface area contributed by atoms with Crippen molar-refractivity contribution < 1.29 is 0 Å². The van der Waals surface area contributed by atoms with Gasteiger partial charge in [0.15, 0.2) is 5.65 Å². The highest BCUT2D eigenvalue weighted by Gasteiger charge is 2.33. The van der Waals surface area contributed by atoms with Gasteiger partial charge < -0.3 is 4.90 Å². The van der Waals surface area contributed by atoms with Gasteiger partial charge in [0, 0.05) is 40.1 Å². The van der Waals surface area contributed by atoms with Gasteiger partial charge in [-0.2, -0.15) is 10.2 Å². The molecule has 0 N–H and O–H groups in total. The van der Waals surface area contributed by atoms with E-state index < -0.39 is 0 Å². The molecule has 0 unspecified atom stereocenters. The number of nitrogens with zero attached hydrogens (tertiary/aromatic N) is 7. The molecule has 0 amide bonds. The van der Waals surface area contributed by atoms with Crippen LogP contribution in [0.2, 0.25) is 0 Å². The van der Waals surface area contributed by atoms with Gasteiger partial charge in [0.2, 0.25) is 0 Å². The molecule has 2 atom stereocenters. The number of rotatable bonds is 4. The summed E-state index contributed by atoms with van der Waals surface area (Å²) in [5.41, 5.74) is 3.42. The van der Waals surface area contributed by atoms with Crippen LogP contribution >= 0.6 is 0 Å². The second-order valence-corrected chi connectivity index (χ2v) is 7.42. The lowest BCUT2D eigenvalue weighted by Crippen LogP contribution is -2.41. The van der Waals surface area contributed by atoms with Crippen LogP contribution < -0.4 is 4.90 Å². The minimum atomic E-state index is 0.393. The second-order valence-electron chi connectivity index (χ2n) is 7.42. The summed E-state index contributed by atoms with van der Waals surface area (Å²) in [4.78, 5) is 9.30. The van der Waals surface area contributed by atoms with Crippen molar-refractivity contribution in [1.29, 1.82) is 0 Å². The molecule has 7 nitrogen and oxygen atoms in total. The van der Waals surface area contributed by atoms with Crippen molar-refractivity contribution in [3.8, 4) is 0 Å². The number of fused-ring (bicyclic) bond motifs is 1. The summed E-state index contributed by atoms with van der Waals surface area (Å²) in [5.74, 6) is 0.550. The van der Waals surface area contributed by atoms with Crippen molar-refractivity contribution >= 4 is 16.7 Å². The third kappa shape index (κ3) is 2.86. The Balaban J connectivity index is 1.62. The second kappa shape index (κ2) is 6.72. The topological polar surface area (TPSA) is 55.0 Å². The van der Waals surface area contributed by atoms with E-state index in [1.807, 2.05) is 42.0 Å². The number of piperidine rings is 1. The maximum Gasteiger partial charge on any atom is 0.159 e. The molecule has 0 aliphatic carbocycles. The van der Waals surface area contributed by atoms with Gasteiger partial charge in [-0.1, -0.05) is 0 Å². The molecule has 7 heteroatoms. The molecule has 0 aromatic carbocycles. The zero-order valence-corrected chi connectivity index (χ0v) is 16.0. The van der Waals surface area contributed by atoms with Crippen molar-refractivity contribution in [2.75, 3.05) is 32.1 Å². The van der Waals surface area contributed by atoms with E-state index in [1.165, 1.54) is 24.2 Å². The van der Waals surface area contributed by atoms with E-state index in [9.17, 15) is 0 Å². The first-order valence-electron chi connectivity index (χ1n) is 9.22. The number of aromatic nitrogens is 5. The number of hydrogen-bond acceptors (Lipinski definition) is 5. The Kier molecular flexibility index (Phi) is 4.40. The minimum absolute atomic E-state index is 0.393. The Hall–Kier alpha value is -2.41. The van der Waals surface area contributed by atoms with E-state index >= 15 is 0 Å². The lowest BCUT2D eigenvalue weighted by molar-refractivity contribution is 0.118. The van der Waals surface area contributed by atoms with Crippen LogP contribution in [-0.4, -0.2) is 56.6 Å². The zero-order valence-electron chi connectivity index (χ0n) is 16.0. The first-order chi connectivity index (χ1) is 12.6. The summed E-state index contributed by atoms with van der Waals surface area (Å²) in [6.45, 7) is 2.13. The molecule has 1 aliphatic rings. The van der Waals surface area contributed by atoms with Gasteiger partial charge in [0.25, 0.3) is 0 Å². The largest absolute Gasteiger partial charge is 0.374 e. The monoisotopic (exact) mass is 353 g/mol. The van der Waals surface area contributed by atoms with E-state index in [2.05, 4.69) is 51.2 Å². The molecule has 1 fully saturated rings. The zero-order chi connectivity index (χ0) is 18.3. The van der Waals surface area contributed by atoms with Crippen LogP contribution in [0.1, 0.15) is 24.6 Å². The van der Waals surface area contributed by atoms with Crippen molar-refractivity contribution in [2.45, 2.75) is 18.9 Å². The molecular weight excluding hydrogens is 326 g/mol. The van der Waals surface area contributed by atoms with E-state index in [0.29, 0.717) is 12.0 Å². The molecule has 0 bridgehead atoms. The van der Waals surface area contributed by atoms with E-state index in [1.54, 1.807) is 0 Å². The summed E-state index contributed by atoms with van der Waals surface area (Å²) in [6, 6.07) is 4.64. The molecule has 1 saturated heterocycles. The predicted octanol–water partition coefficient (Wildman–Crippen LogP) is 2.22. The van der Waals surface area contributed by atoms with Crippen LogP contribution in [0.5, 0.6) is 0 Å². The Morgan fingerprint density at radius 1 is 1.12 bits per heavy atom. The molecule has 4 rings (SSSR count). The average molecular weight is 353 g/mol. The molecule has 26 heavy (non-hydrogen) atoms. The van der Waals surface area contributed by atoms with Crippen molar-refractivity contribution in [3.63, 3.8) is 0 Å². The molecule has 3 aromatic rings. The first kappa shape index (κ1) is 17.0. The van der Waals surface area contributed by atoms with Gasteiger partial charge in [0.05, 0.1) is 29.0 Å². The highest BCUT2D eigenvalue weighted by atomic mass is 15.3. The molecular formula is C19H27N7. The van der Waals surface area contributed by atoms with Gasteiger partial charge in [0.1, 0.15) is 0 Å². The van der Waals surface area contributed by atoms with Crippen molar-refractivity contribution in [3.05, 3.63) is 36.4 Å². The van der Waals surface area contributed by atoms with E-state index in [-0.39, 0.29) is 0 Å². The Morgan fingerprint density at radius 2 is 1.96 bits per heavy atom. The smallest absolute Gasteiger partial charge is 0.159 e. The number of hydrogen-bond donors (Lipinski definition) is 0. The molecule has 0 saturated carbocycles. The van der Waals surface area contributed by atoms with Crippen LogP contribution in [0.25, 0.3) is 11.0 Å².